The Labute approximate surface area is 296 Å². The normalized spacial score (nSPS) is 14.7. The molecular formula is C47H38N4. The highest BCUT2D eigenvalue weighted by Gasteiger charge is 2.31. The Balaban J connectivity index is 1.14. The lowest BCUT2D eigenvalue weighted by Crippen LogP contribution is -2.15. The summed E-state index contributed by atoms with van der Waals surface area (Å²) in [6, 6.07) is 29.0. The first-order valence-electron chi connectivity index (χ1n) is 18.0. The SMILES string of the molecule is C=C\C=C/C(C(/C)=C\C)=C(/N)c1ccc2[nH]c3c4c5c(cc3c2c1)CCc1cc2c([nH]c3ccc(-c6nccc7ccccc67)cc32)c(c1-5)CC4. The first-order chi connectivity index (χ1) is 25.0. The van der Waals surface area contributed by atoms with Crippen LogP contribution in [-0.2, 0) is 25.7 Å². The van der Waals surface area contributed by atoms with Crippen LogP contribution in [0.25, 0.3) is 82.5 Å². The van der Waals surface area contributed by atoms with Gasteiger partial charge in [-0.15, -0.1) is 0 Å². The molecular weight excluding hydrogens is 621 g/mol. The molecule has 0 unspecified atom stereocenters. The Kier molecular flexibility index (Phi) is 6.53. The lowest BCUT2D eigenvalue weighted by molar-refractivity contribution is 0.888. The number of nitrogens with two attached hydrogens (primary N) is 1. The number of aromatic nitrogens is 3. The van der Waals surface area contributed by atoms with Crippen LogP contribution < -0.4 is 5.73 Å². The number of nitrogens with one attached hydrogen (secondary N) is 2. The van der Waals surface area contributed by atoms with Gasteiger partial charge in [-0.25, -0.2) is 0 Å². The Morgan fingerprint density at radius 2 is 1.41 bits per heavy atom. The number of hydrogen-bond acceptors (Lipinski definition) is 2. The van der Waals surface area contributed by atoms with Crippen LogP contribution in [0.15, 0.2) is 127 Å². The summed E-state index contributed by atoms with van der Waals surface area (Å²) in [5.41, 5.74) is 26.7. The molecule has 10 rings (SSSR count). The third-order valence-electron chi connectivity index (χ3n) is 11.5. The van der Waals surface area contributed by atoms with Gasteiger partial charge < -0.3 is 15.7 Å². The van der Waals surface area contributed by atoms with Gasteiger partial charge in [-0.2, -0.15) is 0 Å². The summed E-state index contributed by atoms with van der Waals surface area (Å²) in [4.78, 5) is 12.6. The Bertz CT molecular complexity index is 2900. The largest absolute Gasteiger partial charge is 0.398 e. The average Bonchev–Trinajstić information content (AvgIpc) is 3.73. The van der Waals surface area contributed by atoms with E-state index < -0.39 is 0 Å². The summed E-state index contributed by atoms with van der Waals surface area (Å²) >= 11 is 0. The summed E-state index contributed by atoms with van der Waals surface area (Å²) in [5.74, 6) is 0. The second-order valence-electron chi connectivity index (χ2n) is 14.2. The van der Waals surface area contributed by atoms with E-state index in [1.165, 1.54) is 82.2 Å². The van der Waals surface area contributed by atoms with Crippen molar-refractivity contribution in [2.24, 2.45) is 5.73 Å². The minimum atomic E-state index is 0.778. The molecule has 4 N–H and O–H groups in total. The van der Waals surface area contributed by atoms with Gasteiger partial charge in [0.2, 0.25) is 0 Å². The van der Waals surface area contributed by atoms with Gasteiger partial charge in [0.1, 0.15) is 0 Å². The highest BCUT2D eigenvalue weighted by molar-refractivity contribution is 6.15. The zero-order valence-corrected chi connectivity index (χ0v) is 29.0. The lowest BCUT2D eigenvalue weighted by atomic mass is 9.74. The molecule has 4 nitrogen and oxygen atoms in total. The average molecular weight is 659 g/mol. The number of rotatable bonds is 5. The number of aromatic amines is 2. The van der Waals surface area contributed by atoms with Crippen molar-refractivity contribution in [1.82, 2.24) is 15.0 Å². The molecule has 3 aromatic heterocycles. The quantitative estimate of drug-likeness (QED) is 0.161. The number of fused-ring (bicyclic) bond motifs is 9. The Morgan fingerprint density at radius 1 is 0.745 bits per heavy atom. The van der Waals surface area contributed by atoms with E-state index in [0.717, 1.165) is 64.9 Å². The van der Waals surface area contributed by atoms with E-state index in [0.29, 0.717) is 0 Å². The van der Waals surface area contributed by atoms with Gasteiger partial charge in [-0.05, 0) is 132 Å². The standard InChI is InChI=1S/C47H38N4/c1-4-6-10-32(26(3)5-2)44(48)30-14-18-40-36(24-30)38-22-28-12-13-29-23-39-37-25-31(45-33-11-8-7-9-27(33)20-21-49-45)15-19-41(37)51-47(39)35-17-16-34(46(38)50-40)42(28)43(29)35/h4-11,14-15,18-25,50-51H,1,12-13,16-17,48H2,2-3H3/b10-6-,26-5-,44-32-. The number of allylic oxidation sites excluding steroid dienone is 6. The molecule has 0 amide bonds. The Morgan fingerprint density at radius 3 is 2.10 bits per heavy atom. The molecule has 2 aliphatic rings. The summed E-state index contributed by atoms with van der Waals surface area (Å²) in [7, 11) is 0. The van der Waals surface area contributed by atoms with Crippen molar-refractivity contribution in [3.63, 3.8) is 0 Å². The van der Waals surface area contributed by atoms with Crippen LogP contribution >= 0.6 is 0 Å². The predicted molar refractivity (Wildman–Crippen MR) is 216 cm³/mol. The lowest BCUT2D eigenvalue weighted by Gasteiger charge is -2.30. The van der Waals surface area contributed by atoms with Gasteiger partial charge in [-0.1, -0.05) is 67.3 Å². The fourth-order valence-corrected chi connectivity index (χ4v) is 8.94. The second-order valence-corrected chi connectivity index (χ2v) is 14.2. The van der Waals surface area contributed by atoms with Gasteiger partial charge >= 0.3 is 0 Å². The molecule has 0 saturated heterocycles. The maximum Gasteiger partial charge on any atom is 0.0780 e. The van der Waals surface area contributed by atoms with E-state index in [1.807, 2.05) is 12.3 Å². The fraction of sp³-hybridized carbons (Fsp3) is 0.128. The third kappa shape index (κ3) is 4.36. The second kappa shape index (κ2) is 11.2. The predicted octanol–water partition coefficient (Wildman–Crippen LogP) is 11.4. The molecule has 0 aliphatic heterocycles. The van der Waals surface area contributed by atoms with E-state index in [1.54, 1.807) is 6.08 Å². The van der Waals surface area contributed by atoms with Gasteiger partial charge in [-0.3, -0.25) is 4.98 Å². The van der Waals surface area contributed by atoms with Crippen LogP contribution in [0.4, 0.5) is 0 Å². The molecule has 0 bridgehead atoms. The van der Waals surface area contributed by atoms with Crippen LogP contribution in [0.2, 0.25) is 0 Å². The number of hydrogen-bond donors (Lipinski definition) is 3. The van der Waals surface area contributed by atoms with Gasteiger partial charge in [0.05, 0.1) is 16.7 Å². The smallest absolute Gasteiger partial charge is 0.0780 e. The van der Waals surface area contributed by atoms with Gasteiger partial charge in [0, 0.05) is 61.0 Å². The van der Waals surface area contributed by atoms with Crippen molar-refractivity contribution in [3.8, 4) is 22.4 Å². The van der Waals surface area contributed by atoms with E-state index >= 15 is 0 Å². The van der Waals surface area contributed by atoms with Crippen molar-refractivity contribution >= 4 is 60.1 Å². The van der Waals surface area contributed by atoms with Crippen molar-refractivity contribution in [1.29, 1.82) is 0 Å². The highest BCUT2D eigenvalue weighted by atomic mass is 14.7. The molecule has 0 radical (unpaired) electrons. The molecule has 0 spiro atoms. The summed E-state index contributed by atoms with van der Waals surface area (Å²) in [6.07, 6.45) is 13.9. The minimum Gasteiger partial charge on any atom is -0.398 e. The van der Waals surface area contributed by atoms with Crippen molar-refractivity contribution < 1.29 is 0 Å². The minimum absolute atomic E-state index is 0.778. The third-order valence-corrected chi connectivity index (χ3v) is 11.5. The first kappa shape index (κ1) is 29.8. The monoisotopic (exact) mass is 658 g/mol. The summed E-state index contributed by atoms with van der Waals surface area (Å²) in [6.45, 7) is 8.01. The Hall–Kier alpha value is -6.13. The fourth-order valence-electron chi connectivity index (χ4n) is 8.94. The van der Waals surface area contributed by atoms with Crippen LogP contribution in [0.5, 0.6) is 0 Å². The maximum absolute atomic E-state index is 6.86. The number of nitrogens with zero attached hydrogens (tertiary/aromatic N) is 1. The zero-order valence-electron chi connectivity index (χ0n) is 29.0. The van der Waals surface area contributed by atoms with Crippen LogP contribution in [0.3, 0.4) is 0 Å². The summed E-state index contributed by atoms with van der Waals surface area (Å²) in [5, 5.41) is 7.53. The van der Waals surface area contributed by atoms with Gasteiger partial charge in [0.15, 0.2) is 0 Å². The number of pyridine rings is 1. The number of aryl methyl sites for hydroxylation is 4. The molecule has 0 fully saturated rings. The molecule has 0 saturated carbocycles. The van der Waals surface area contributed by atoms with E-state index in [9.17, 15) is 0 Å². The molecule has 4 heteroatoms. The maximum atomic E-state index is 6.86. The number of H-pyrrole nitrogens is 2. The van der Waals surface area contributed by atoms with E-state index in [2.05, 4.69) is 121 Å². The molecule has 3 heterocycles. The molecule has 0 atom stereocenters. The van der Waals surface area contributed by atoms with Crippen LogP contribution in [0, 0.1) is 0 Å². The zero-order chi connectivity index (χ0) is 34.4. The highest BCUT2D eigenvalue weighted by Crippen LogP contribution is 2.49. The van der Waals surface area contributed by atoms with Crippen LogP contribution in [-0.4, -0.2) is 15.0 Å². The molecule has 2 aliphatic carbocycles. The van der Waals surface area contributed by atoms with Crippen molar-refractivity contribution in [3.05, 3.63) is 155 Å². The van der Waals surface area contributed by atoms with Crippen molar-refractivity contribution in [2.75, 3.05) is 0 Å². The van der Waals surface area contributed by atoms with E-state index in [4.69, 9.17) is 10.7 Å². The number of benzene rings is 5. The summed E-state index contributed by atoms with van der Waals surface area (Å²) < 4.78 is 0. The van der Waals surface area contributed by atoms with Crippen LogP contribution in [0.1, 0.15) is 41.7 Å². The topological polar surface area (TPSA) is 70.5 Å². The molecule has 8 aromatic rings. The van der Waals surface area contributed by atoms with Crippen molar-refractivity contribution in [2.45, 2.75) is 39.5 Å². The van der Waals surface area contributed by atoms with Gasteiger partial charge in [0.25, 0.3) is 0 Å². The first-order valence-corrected chi connectivity index (χ1v) is 18.0. The molecule has 5 aromatic carbocycles. The van der Waals surface area contributed by atoms with E-state index in [-0.39, 0.29) is 0 Å². The molecule has 51 heavy (non-hydrogen) atoms. The molecule has 246 valence electrons.